The van der Waals surface area contributed by atoms with E-state index in [4.69, 9.17) is 11.6 Å². The Bertz CT molecular complexity index is 734. The van der Waals surface area contributed by atoms with Crippen LogP contribution in [0.1, 0.15) is 35.2 Å². The predicted octanol–water partition coefficient (Wildman–Crippen LogP) is 3.52. The lowest BCUT2D eigenvalue weighted by atomic mass is 10.0. The summed E-state index contributed by atoms with van der Waals surface area (Å²) >= 11 is 5.85. The van der Waals surface area contributed by atoms with Crippen LogP contribution < -0.4 is 10.6 Å². The quantitative estimate of drug-likeness (QED) is 0.791. The molecule has 2 aromatic rings. The maximum Gasteiger partial charge on any atom is 0.254 e. The van der Waals surface area contributed by atoms with E-state index >= 15 is 0 Å². The molecule has 0 aliphatic rings. The monoisotopic (exact) mass is 362 g/mol. The van der Waals surface area contributed by atoms with Crippen molar-refractivity contribution in [2.24, 2.45) is 0 Å². The van der Waals surface area contributed by atoms with Crippen molar-refractivity contribution in [2.75, 3.05) is 13.1 Å². The molecule has 6 heteroatoms. The zero-order chi connectivity index (χ0) is 18.2. The summed E-state index contributed by atoms with van der Waals surface area (Å²) in [6.07, 6.45) is 0.132. The number of halogens is 2. The molecule has 0 heterocycles. The lowest BCUT2D eigenvalue weighted by molar-refractivity contribution is -0.121. The lowest BCUT2D eigenvalue weighted by Crippen LogP contribution is -2.32. The molecule has 25 heavy (non-hydrogen) atoms. The molecule has 2 N–H and O–H groups in total. The number of carbonyl (C=O) groups is 2. The standard InChI is InChI=1S/C19H20ClFN2O2/c1-13(14-6-8-15(20)9-7-14)12-23-18(24)10-11-22-19(25)16-4-2-3-5-17(16)21/h2-9,13H,10-12H2,1H3,(H,22,25)(H,23,24)/t13-/m0/s1. The van der Waals surface area contributed by atoms with E-state index in [1.165, 1.54) is 18.2 Å². The van der Waals surface area contributed by atoms with Gasteiger partial charge in [-0.3, -0.25) is 9.59 Å². The Morgan fingerprint density at radius 2 is 1.76 bits per heavy atom. The van der Waals surface area contributed by atoms with E-state index in [0.717, 1.165) is 5.56 Å². The van der Waals surface area contributed by atoms with Crippen LogP contribution >= 0.6 is 11.6 Å². The van der Waals surface area contributed by atoms with Crippen molar-refractivity contribution in [3.63, 3.8) is 0 Å². The fraction of sp³-hybridized carbons (Fsp3) is 0.263. The Balaban J connectivity index is 1.71. The van der Waals surface area contributed by atoms with Crippen LogP contribution in [0.25, 0.3) is 0 Å². The van der Waals surface area contributed by atoms with Crippen LogP contribution in [0, 0.1) is 5.82 Å². The summed E-state index contributed by atoms with van der Waals surface area (Å²) in [6, 6.07) is 13.2. The predicted molar refractivity (Wildman–Crippen MR) is 96.2 cm³/mol. The van der Waals surface area contributed by atoms with Crippen molar-refractivity contribution in [1.82, 2.24) is 10.6 Å². The number of hydrogen-bond acceptors (Lipinski definition) is 2. The fourth-order valence-electron chi connectivity index (χ4n) is 2.29. The van der Waals surface area contributed by atoms with Gasteiger partial charge in [0.25, 0.3) is 5.91 Å². The number of amides is 2. The molecule has 0 aliphatic heterocycles. The van der Waals surface area contributed by atoms with Crippen LogP contribution in [0.2, 0.25) is 5.02 Å². The van der Waals surface area contributed by atoms with Crippen molar-refractivity contribution in [3.05, 3.63) is 70.5 Å². The SMILES string of the molecule is C[C@@H](CNC(=O)CCNC(=O)c1ccccc1F)c1ccc(Cl)cc1. The molecule has 0 radical (unpaired) electrons. The first-order valence-corrected chi connectivity index (χ1v) is 8.40. The molecule has 0 saturated carbocycles. The van der Waals surface area contributed by atoms with Crippen molar-refractivity contribution in [3.8, 4) is 0 Å². The number of carbonyl (C=O) groups excluding carboxylic acids is 2. The third-order valence-electron chi connectivity index (χ3n) is 3.80. The molecular formula is C19H20ClFN2O2. The smallest absolute Gasteiger partial charge is 0.254 e. The Kier molecular flexibility index (Phi) is 6.95. The molecule has 2 amide bonds. The molecule has 0 bridgehead atoms. The highest BCUT2D eigenvalue weighted by Gasteiger charge is 2.11. The highest BCUT2D eigenvalue weighted by atomic mass is 35.5. The first kappa shape index (κ1) is 18.9. The number of nitrogens with one attached hydrogen (secondary N) is 2. The average molecular weight is 363 g/mol. The van der Waals surface area contributed by atoms with E-state index in [-0.39, 0.29) is 30.4 Å². The van der Waals surface area contributed by atoms with Crippen LogP contribution in [0.15, 0.2) is 48.5 Å². The summed E-state index contributed by atoms with van der Waals surface area (Å²) < 4.78 is 13.5. The van der Waals surface area contributed by atoms with Crippen LogP contribution in [0.5, 0.6) is 0 Å². The number of hydrogen-bond donors (Lipinski definition) is 2. The second-order valence-corrected chi connectivity index (χ2v) is 6.18. The molecule has 2 rings (SSSR count). The van der Waals surface area contributed by atoms with Crippen LogP contribution in [0.3, 0.4) is 0 Å². The van der Waals surface area contributed by atoms with E-state index < -0.39 is 11.7 Å². The molecule has 0 saturated heterocycles. The topological polar surface area (TPSA) is 58.2 Å². The second-order valence-electron chi connectivity index (χ2n) is 5.74. The lowest BCUT2D eigenvalue weighted by Gasteiger charge is -2.13. The molecule has 1 atom stereocenters. The van der Waals surface area contributed by atoms with Gasteiger partial charge in [0.15, 0.2) is 0 Å². The summed E-state index contributed by atoms with van der Waals surface area (Å²) in [4.78, 5) is 23.7. The largest absolute Gasteiger partial charge is 0.355 e. The summed E-state index contributed by atoms with van der Waals surface area (Å²) in [6.45, 7) is 2.64. The molecule has 132 valence electrons. The zero-order valence-corrected chi connectivity index (χ0v) is 14.6. The highest BCUT2D eigenvalue weighted by molar-refractivity contribution is 6.30. The van der Waals surface area contributed by atoms with Gasteiger partial charge in [0.05, 0.1) is 5.56 Å². The van der Waals surface area contributed by atoms with Gasteiger partial charge >= 0.3 is 0 Å². The van der Waals surface area contributed by atoms with E-state index in [9.17, 15) is 14.0 Å². The zero-order valence-electron chi connectivity index (χ0n) is 13.9. The molecular weight excluding hydrogens is 343 g/mol. The first-order valence-electron chi connectivity index (χ1n) is 8.02. The average Bonchev–Trinajstić information content (AvgIpc) is 2.60. The molecule has 0 spiro atoms. The van der Waals surface area contributed by atoms with Gasteiger partial charge in [0, 0.05) is 24.5 Å². The van der Waals surface area contributed by atoms with E-state index in [0.29, 0.717) is 11.6 Å². The number of rotatable bonds is 7. The maximum atomic E-state index is 13.5. The minimum absolute atomic E-state index is 0.0285. The molecule has 0 aliphatic carbocycles. The molecule has 2 aromatic carbocycles. The van der Waals surface area contributed by atoms with Crippen molar-refractivity contribution < 1.29 is 14.0 Å². The van der Waals surface area contributed by atoms with Crippen LogP contribution in [0.4, 0.5) is 4.39 Å². The number of benzene rings is 2. The normalized spacial score (nSPS) is 11.6. The van der Waals surface area contributed by atoms with Gasteiger partial charge in [0.2, 0.25) is 5.91 Å². The molecule has 4 nitrogen and oxygen atoms in total. The third-order valence-corrected chi connectivity index (χ3v) is 4.05. The van der Waals surface area contributed by atoms with Gasteiger partial charge in [-0.15, -0.1) is 0 Å². The summed E-state index contributed by atoms with van der Waals surface area (Å²) in [7, 11) is 0. The molecule has 0 unspecified atom stereocenters. The van der Waals surface area contributed by atoms with Crippen LogP contribution in [-0.4, -0.2) is 24.9 Å². The Morgan fingerprint density at radius 3 is 2.44 bits per heavy atom. The minimum atomic E-state index is -0.582. The van der Waals surface area contributed by atoms with Crippen molar-refractivity contribution in [2.45, 2.75) is 19.3 Å². The van der Waals surface area contributed by atoms with Crippen molar-refractivity contribution in [1.29, 1.82) is 0 Å². The fourth-order valence-corrected chi connectivity index (χ4v) is 2.42. The van der Waals surface area contributed by atoms with E-state index in [1.54, 1.807) is 6.07 Å². The Hall–Kier alpha value is -2.40. The summed E-state index contributed by atoms with van der Waals surface area (Å²) in [5.41, 5.74) is 1.05. The van der Waals surface area contributed by atoms with E-state index in [2.05, 4.69) is 10.6 Å². The highest BCUT2D eigenvalue weighted by Crippen LogP contribution is 2.17. The van der Waals surface area contributed by atoms with Gasteiger partial charge in [-0.25, -0.2) is 4.39 Å². The second kappa shape index (κ2) is 9.18. The Morgan fingerprint density at radius 1 is 1.08 bits per heavy atom. The molecule has 0 aromatic heterocycles. The van der Waals surface area contributed by atoms with Gasteiger partial charge < -0.3 is 10.6 Å². The summed E-state index contributed by atoms with van der Waals surface area (Å²) in [5, 5.41) is 6.04. The third kappa shape index (κ3) is 5.87. The molecule has 0 fully saturated rings. The van der Waals surface area contributed by atoms with Gasteiger partial charge in [0.1, 0.15) is 5.82 Å². The minimum Gasteiger partial charge on any atom is -0.355 e. The maximum absolute atomic E-state index is 13.5. The van der Waals surface area contributed by atoms with Crippen LogP contribution in [-0.2, 0) is 4.79 Å². The van der Waals surface area contributed by atoms with Gasteiger partial charge in [-0.05, 0) is 35.7 Å². The van der Waals surface area contributed by atoms with Gasteiger partial charge in [-0.2, -0.15) is 0 Å². The Labute approximate surface area is 151 Å². The van der Waals surface area contributed by atoms with Gasteiger partial charge in [-0.1, -0.05) is 42.8 Å². The summed E-state index contributed by atoms with van der Waals surface area (Å²) in [5.74, 6) is -1.13. The van der Waals surface area contributed by atoms with Crippen molar-refractivity contribution >= 4 is 23.4 Å². The first-order chi connectivity index (χ1) is 12.0. The van der Waals surface area contributed by atoms with E-state index in [1.807, 2.05) is 31.2 Å².